The summed E-state index contributed by atoms with van der Waals surface area (Å²) >= 11 is 5.03. The summed E-state index contributed by atoms with van der Waals surface area (Å²) in [4.78, 5) is 0.304. The molecule has 3 N–H and O–H groups in total. The van der Waals surface area contributed by atoms with Gasteiger partial charge in [0.15, 0.2) is 0 Å². The van der Waals surface area contributed by atoms with Gasteiger partial charge in [0.2, 0.25) is 0 Å². The Balaban J connectivity index is 2.15. The highest BCUT2D eigenvalue weighted by molar-refractivity contribution is 7.80. The van der Waals surface area contributed by atoms with Gasteiger partial charge in [0.25, 0.3) is 0 Å². The lowest BCUT2D eigenvalue weighted by Crippen LogP contribution is -2.13. The van der Waals surface area contributed by atoms with E-state index < -0.39 is 19.3 Å². The molecule has 0 amide bonds. The average molecular weight is 360 g/mol. The number of phenols is 1. The fraction of sp³-hybridized carbons (Fsp3) is 0.211. The molecule has 2 aromatic carbocycles. The number of hydrogen-bond acceptors (Lipinski definition) is 2. The summed E-state index contributed by atoms with van der Waals surface area (Å²) in [5.74, 6) is -0.610. The maximum Gasteiger partial charge on any atom is 0.117 e. The molecule has 3 nitrogen and oxygen atoms in total. The average Bonchev–Trinajstić information content (AvgIpc) is 2.97. The molecule has 0 saturated carbocycles. The van der Waals surface area contributed by atoms with E-state index in [-0.39, 0.29) is 12.3 Å². The molecule has 1 heterocycles. The van der Waals surface area contributed by atoms with E-state index >= 15 is 0 Å². The summed E-state index contributed by atoms with van der Waals surface area (Å²) in [5.41, 5.74) is 8.98. The quantitative estimate of drug-likeness (QED) is 0.648. The van der Waals surface area contributed by atoms with Crippen LogP contribution in [0.2, 0.25) is 0 Å². The molecule has 0 radical (unpaired) electrons. The van der Waals surface area contributed by atoms with Crippen molar-refractivity contribution in [2.75, 3.05) is 13.3 Å². The summed E-state index contributed by atoms with van der Waals surface area (Å²) < 4.78 is 27.7. The molecule has 25 heavy (non-hydrogen) atoms. The van der Waals surface area contributed by atoms with Crippen molar-refractivity contribution in [3.05, 3.63) is 54.2 Å². The van der Waals surface area contributed by atoms with E-state index in [1.54, 1.807) is 22.8 Å². The second-order valence-electron chi connectivity index (χ2n) is 6.02. The molecule has 6 heteroatoms. The standard InChI is InChI=1S/C19H18F2N2OS/c20-8-12(9-21)10-23-11-17(16-5-4-15(24)7-18(16)23)13-2-1-3-14(6-13)19(22)25/h1-7,11-12,24H,8-10H2,(H2,22,25). The third kappa shape index (κ3) is 3.49. The normalized spacial score (nSPS) is 11.3. The zero-order valence-corrected chi connectivity index (χ0v) is 14.3. The highest BCUT2D eigenvalue weighted by Crippen LogP contribution is 2.33. The van der Waals surface area contributed by atoms with Gasteiger partial charge in [-0.3, -0.25) is 8.78 Å². The predicted molar refractivity (Wildman–Crippen MR) is 100 cm³/mol. The summed E-state index contributed by atoms with van der Waals surface area (Å²) in [6.07, 6.45) is 1.85. The molecule has 0 unspecified atom stereocenters. The Morgan fingerprint density at radius 3 is 2.60 bits per heavy atom. The minimum absolute atomic E-state index is 0.104. The van der Waals surface area contributed by atoms with Crippen LogP contribution in [0.25, 0.3) is 22.0 Å². The second kappa shape index (κ2) is 7.19. The van der Waals surface area contributed by atoms with E-state index in [2.05, 4.69) is 0 Å². The van der Waals surface area contributed by atoms with Crippen LogP contribution in [0, 0.1) is 5.92 Å². The third-order valence-corrected chi connectivity index (χ3v) is 4.45. The fourth-order valence-electron chi connectivity index (χ4n) is 2.92. The molecule has 0 aliphatic carbocycles. The van der Waals surface area contributed by atoms with Crippen molar-refractivity contribution in [1.29, 1.82) is 0 Å². The van der Waals surface area contributed by atoms with Crippen molar-refractivity contribution in [2.45, 2.75) is 6.54 Å². The predicted octanol–water partition coefficient (Wildman–Crippen LogP) is 4.20. The van der Waals surface area contributed by atoms with Crippen molar-refractivity contribution in [1.82, 2.24) is 4.57 Å². The molecule has 1 aromatic heterocycles. The van der Waals surface area contributed by atoms with Crippen molar-refractivity contribution in [2.24, 2.45) is 11.7 Å². The SMILES string of the molecule is NC(=S)c1cccc(-c2cn(CC(CF)CF)c3cc(O)ccc23)c1. The van der Waals surface area contributed by atoms with Crippen LogP contribution < -0.4 is 5.73 Å². The first-order valence-corrected chi connectivity index (χ1v) is 8.28. The number of aromatic nitrogens is 1. The monoisotopic (exact) mass is 360 g/mol. The van der Waals surface area contributed by atoms with Gasteiger partial charge in [-0.1, -0.05) is 30.4 Å². The van der Waals surface area contributed by atoms with Gasteiger partial charge in [-0.05, 0) is 23.8 Å². The van der Waals surface area contributed by atoms with E-state index in [4.69, 9.17) is 18.0 Å². The number of fused-ring (bicyclic) bond motifs is 1. The molecule has 130 valence electrons. The lowest BCUT2D eigenvalue weighted by atomic mass is 10.0. The third-order valence-electron chi connectivity index (χ3n) is 4.22. The molecule has 3 rings (SSSR count). The van der Waals surface area contributed by atoms with Crippen LogP contribution in [-0.4, -0.2) is 28.0 Å². The Morgan fingerprint density at radius 1 is 1.16 bits per heavy atom. The van der Waals surface area contributed by atoms with Gasteiger partial charge in [0.05, 0.1) is 18.9 Å². The number of nitrogens with two attached hydrogens (primary N) is 1. The fourth-order valence-corrected chi connectivity index (χ4v) is 3.05. The first-order chi connectivity index (χ1) is 12.0. The van der Waals surface area contributed by atoms with Crippen LogP contribution in [0.4, 0.5) is 8.78 Å². The number of aromatic hydroxyl groups is 1. The number of thiocarbonyl (C=S) groups is 1. The number of nitrogens with zero attached hydrogens (tertiary/aromatic N) is 1. The van der Waals surface area contributed by atoms with Gasteiger partial charge in [-0.25, -0.2) is 0 Å². The Morgan fingerprint density at radius 2 is 1.92 bits per heavy atom. The lowest BCUT2D eigenvalue weighted by molar-refractivity contribution is 0.265. The molecule has 0 fully saturated rings. The zero-order valence-electron chi connectivity index (χ0n) is 13.5. The van der Waals surface area contributed by atoms with Crippen LogP contribution >= 0.6 is 12.2 Å². The highest BCUT2D eigenvalue weighted by atomic mass is 32.1. The Bertz CT molecular complexity index is 919. The number of rotatable bonds is 6. The number of halogens is 2. The van der Waals surface area contributed by atoms with E-state index in [1.807, 2.05) is 30.5 Å². The first-order valence-electron chi connectivity index (χ1n) is 7.87. The van der Waals surface area contributed by atoms with Gasteiger partial charge in [0, 0.05) is 41.2 Å². The Labute approximate surface area is 149 Å². The van der Waals surface area contributed by atoms with Crippen LogP contribution in [-0.2, 0) is 6.54 Å². The van der Waals surface area contributed by atoms with Crippen LogP contribution in [0.3, 0.4) is 0 Å². The number of alkyl halides is 2. The maximum atomic E-state index is 13.0. The van der Waals surface area contributed by atoms with Crippen molar-refractivity contribution >= 4 is 28.1 Å². The highest BCUT2D eigenvalue weighted by Gasteiger charge is 2.15. The van der Waals surface area contributed by atoms with E-state index in [0.29, 0.717) is 4.99 Å². The topological polar surface area (TPSA) is 51.2 Å². The molecule has 0 atom stereocenters. The minimum atomic E-state index is -0.735. The molecule has 0 saturated heterocycles. The van der Waals surface area contributed by atoms with Gasteiger partial charge in [0.1, 0.15) is 10.7 Å². The molecule has 0 aliphatic heterocycles. The van der Waals surface area contributed by atoms with Gasteiger partial charge < -0.3 is 15.4 Å². The zero-order chi connectivity index (χ0) is 18.0. The second-order valence-corrected chi connectivity index (χ2v) is 6.46. The van der Waals surface area contributed by atoms with Gasteiger partial charge >= 0.3 is 0 Å². The molecule has 0 spiro atoms. The molecule has 0 bridgehead atoms. The Kier molecular flexibility index (Phi) is 4.99. The largest absolute Gasteiger partial charge is 0.508 e. The molecular weight excluding hydrogens is 342 g/mol. The number of phenolic OH excluding ortho intramolecular Hbond substituents is 1. The minimum Gasteiger partial charge on any atom is -0.508 e. The summed E-state index contributed by atoms with van der Waals surface area (Å²) in [7, 11) is 0. The first kappa shape index (κ1) is 17.4. The van der Waals surface area contributed by atoms with Crippen LogP contribution in [0.15, 0.2) is 48.7 Å². The van der Waals surface area contributed by atoms with Gasteiger partial charge in [-0.15, -0.1) is 0 Å². The van der Waals surface area contributed by atoms with Crippen LogP contribution in [0.5, 0.6) is 5.75 Å². The Hall–Kier alpha value is -2.47. The van der Waals surface area contributed by atoms with Crippen molar-refractivity contribution < 1.29 is 13.9 Å². The lowest BCUT2D eigenvalue weighted by Gasteiger charge is -2.11. The van der Waals surface area contributed by atoms with E-state index in [9.17, 15) is 13.9 Å². The van der Waals surface area contributed by atoms with Crippen molar-refractivity contribution in [3.63, 3.8) is 0 Å². The maximum absolute atomic E-state index is 13.0. The van der Waals surface area contributed by atoms with E-state index in [0.717, 1.165) is 27.6 Å². The van der Waals surface area contributed by atoms with Crippen LogP contribution in [0.1, 0.15) is 5.56 Å². The number of hydrogen-bond donors (Lipinski definition) is 2. The summed E-state index contributed by atoms with van der Waals surface area (Å²) in [6, 6.07) is 12.5. The number of benzene rings is 2. The van der Waals surface area contributed by atoms with Gasteiger partial charge in [-0.2, -0.15) is 0 Å². The summed E-state index contributed by atoms with van der Waals surface area (Å²) in [6.45, 7) is -1.27. The smallest absolute Gasteiger partial charge is 0.117 e. The summed E-state index contributed by atoms with van der Waals surface area (Å²) in [5, 5.41) is 10.7. The van der Waals surface area contributed by atoms with E-state index in [1.165, 1.54) is 0 Å². The molecular formula is C19H18F2N2OS. The molecule has 0 aliphatic rings. The molecule has 3 aromatic rings. The van der Waals surface area contributed by atoms with Crippen molar-refractivity contribution in [3.8, 4) is 16.9 Å².